The van der Waals surface area contributed by atoms with Crippen molar-refractivity contribution >= 4 is 5.82 Å². The molecule has 0 unspecified atom stereocenters. The second kappa shape index (κ2) is 11.0. The summed E-state index contributed by atoms with van der Waals surface area (Å²) < 4.78 is 15.6. The van der Waals surface area contributed by atoms with Crippen LogP contribution in [0.2, 0.25) is 0 Å². The van der Waals surface area contributed by atoms with Crippen LogP contribution in [-0.2, 0) is 25.9 Å². The van der Waals surface area contributed by atoms with Crippen LogP contribution in [0.5, 0.6) is 0 Å². The van der Waals surface area contributed by atoms with Gasteiger partial charge < -0.3 is 4.90 Å². The first-order chi connectivity index (χ1) is 17.7. The maximum Gasteiger partial charge on any atom is 0.155 e. The fraction of sp³-hybridized carbons (Fsp3) is 0.345. The van der Waals surface area contributed by atoms with Crippen molar-refractivity contribution in [1.82, 2.24) is 24.6 Å². The largest absolute Gasteiger partial charge is 0.352 e. The first-order valence-electron chi connectivity index (χ1n) is 12.8. The van der Waals surface area contributed by atoms with E-state index in [1.807, 2.05) is 0 Å². The first-order valence-corrected chi connectivity index (χ1v) is 12.8. The van der Waals surface area contributed by atoms with Crippen molar-refractivity contribution in [2.24, 2.45) is 0 Å². The summed E-state index contributed by atoms with van der Waals surface area (Å²) >= 11 is 0. The number of aromatic nitrogens is 4. The quantitative estimate of drug-likeness (QED) is 0.353. The minimum Gasteiger partial charge on any atom is -0.352 e. The maximum absolute atomic E-state index is 13.4. The van der Waals surface area contributed by atoms with Gasteiger partial charge in [0.1, 0.15) is 11.5 Å². The van der Waals surface area contributed by atoms with Gasteiger partial charge in [0.2, 0.25) is 0 Å². The van der Waals surface area contributed by atoms with E-state index in [2.05, 4.69) is 68.6 Å². The minimum absolute atomic E-state index is 0.247. The van der Waals surface area contributed by atoms with Crippen LogP contribution in [0.25, 0.3) is 11.3 Å². The lowest BCUT2D eigenvalue weighted by atomic mass is 10.1. The molecule has 4 aromatic rings. The molecule has 1 aliphatic heterocycles. The van der Waals surface area contributed by atoms with E-state index in [4.69, 9.17) is 5.10 Å². The fourth-order valence-electron chi connectivity index (χ4n) is 5.05. The van der Waals surface area contributed by atoms with Crippen molar-refractivity contribution in [2.45, 2.75) is 39.8 Å². The number of anilines is 1. The molecule has 0 N–H and O–H groups in total. The normalized spacial score (nSPS) is 14.4. The summed E-state index contributed by atoms with van der Waals surface area (Å²) in [5.41, 5.74) is 6.89. The summed E-state index contributed by atoms with van der Waals surface area (Å²) in [6.45, 7) is 9.77. The molecule has 0 radical (unpaired) electrons. The van der Waals surface area contributed by atoms with Crippen LogP contribution in [-0.4, -0.2) is 50.8 Å². The van der Waals surface area contributed by atoms with Crippen LogP contribution in [0, 0.1) is 5.82 Å². The Bertz CT molecular complexity index is 1280. The Balaban J connectivity index is 1.30. The molecule has 1 fully saturated rings. The van der Waals surface area contributed by atoms with Gasteiger partial charge in [-0.1, -0.05) is 44.2 Å². The Hall–Kier alpha value is -3.58. The standard InChI is InChI=1S/C29H33FN6/c1-3-26-25(27(4-2)36(33-26)20-22-8-6-5-7-9-22)21-34-16-18-35(19-17-34)29-28(31-14-15-32-29)23-10-12-24(30)13-11-23/h5-15H,3-4,16-21H2,1-2H3. The molecule has 0 saturated carbocycles. The Kier molecular flexibility index (Phi) is 7.37. The molecule has 0 atom stereocenters. The van der Waals surface area contributed by atoms with Crippen LogP contribution >= 0.6 is 0 Å². The number of benzene rings is 2. The molecule has 0 bridgehead atoms. The van der Waals surface area contributed by atoms with Gasteiger partial charge in [0.05, 0.1) is 12.2 Å². The molecule has 5 rings (SSSR count). The van der Waals surface area contributed by atoms with Gasteiger partial charge in [-0.15, -0.1) is 0 Å². The zero-order valence-electron chi connectivity index (χ0n) is 21.1. The lowest BCUT2D eigenvalue weighted by Gasteiger charge is -2.36. The molecule has 1 saturated heterocycles. The third-order valence-electron chi connectivity index (χ3n) is 6.94. The second-order valence-corrected chi connectivity index (χ2v) is 9.22. The van der Waals surface area contributed by atoms with E-state index in [1.165, 1.54) is 34.6 Å². The highest BCUT2D eigenvalue weighted by Gasteiger charge is 2.24. The predicted octanol–water partition coefficient (Wildman–Crippen LogP) is 4.97. The van der Waals surface area contributed by atoms with Gasteiger partial charge in [-0.25, -0.2) is 9.37 Å². The van der Waals surface area contributed by atoms with E-state index >= 15 is 0 Å². The number of rotatable bonds is 8. The zero-order chi connectivity index (χ0) is 24.9. The summed E-state index contributed by atoms with van der Waals surface area (Å²) in [6, 6.07) is 17.0. The molecular weight excluding hydrogens is 451 g/mol. The highest BCUT2D eigenvalue weighted by molar-refractivity contribution is 5.72. The average Bonchev–Trinajstić information content (AvgIpc) is 3.25. The highest BCUT2D eigenvalue weighted by Crippen LogP contribution is 2.28. The molecule has 0 aliphatic carbocycles. The van der Waals surface area contributed by atoms with Crippen LogP contribution in [0.1, 0.15) is 36.4 Å². The van der Waals surface area contributed by atoms with E-state index in [1.54, 1.807) is 24.5 Å². The Morgan fingerprint density at radius 1 is 0.806 bits per heavy atom. The molecule has 7 heteroatoms. The molecule has 6 nitrogen and oxygen atoms in total. The number of aryl methyl sites for hydroxylation is 1. The van der Waals surface area contributed by atoms with Gasteiger partial charge in [-0.3, -0.25) is 14.6 Å². The van der Waals surface area contributed by atoms with Gasteiger partial charge in [0, 0.05) is 61.9 Å². The van der Waals surface area contributed by atoms with Gasteiger partial charge >= 0.3 is 0 Å². The lowest BCUT2D eigenvalue weighted by Crippen LogP contribution is -2.46. The van der Waals surface area contributed by atoms with E-state index in [0.717, 1.165) is 69.2 Å². The Labute approximate surface area is 212 Å². The number of piperazine rings is 1. The molecule has 1 aliphatic rings. The fourth-order valence-corrected chi connectivity index (χ4v) is 5.05. The third-order valence-corrected chi connectivity index (χ3v) is 6.94. The van der Waals surface area contributed by atoms with Crippen LogP contribution < -0.4 is 4.90 Å². The lowest BCUT2D eigenvalue weighted by molar-refractivity contribution is 0.248. The van der Waals surface area contributed by atoms with Crippen molar-refractivity contribution in [3.05, 3.63) is 95.3 Å². The Morgan fingerprint density at radius 3 is 2.22 bits per heavy atom. The van der Waals surface area contributed by atoms with Crippen molar-refractivity contribution in [3.63, 3.8) is 0 Å². The van der Waals surface area contributed by atoms with Crippen molar-refractivity contribution in [1.29, 1.82) is 0 Å². The number of hydrogen-bond donors (Lipinski definition) is 0. The van der Waals surface area contributed by atoms with E-state index in [9.17, 15) is 4.39 Å². The average molecular weight is 485 g/mol. The van der Waals surface area contributed by atoms with Crippen molar-refractivity contribution in [2.75, 3.05) is 31.1 Å². The zero-order valence-corrected chi connectivity index (χ0v) is 21.1. The number of nitrogens with zero attached hydrogens (tertiary/aromatic N) is 6. The summed E-state index contributed by atoms with van der Waals surface area (Å²) in [7, 11) is 0. The van der Waals surface area contributed by atoms with Crippen LogP contribution in [0.4, 0.5) is 10.2 Å². The van der Waals surface area contributed by atoms with Gasteiger partial charge in [0.25, 0.3) is 0 Å². The number of halogens is 1. The summed E-state index contributed by atoms with van der Waals surface area (Å²) in [4.78, 5) is 14.0. The van der Waals surface area contributed by atoms with Crippen molar-refractivity contribution in [3.8, 4) is 11.3 Å². The molecule has 0 amide bonds. The van der Waals surface area contributed by atoms with Crippen LogP contribution in [0.15, 0.2) is 67.0 Å². The smallest absolute Gasteiger partial charge is 0.155 e. The van der Waals surface area contributed by atoms with Gasteiger partial charge in [0.15, 0.2) is 5.82 Å². The van der Waals surface area contributed by atoms with Crippen LogP contribution in [0.3, 0.4) is 0 Å². The molecule has 3 heterocycles. The molecule has 2 aromatic heterocycles. The topological polar surface area (TPSA) is 50.1 Å². The van der Waals surface area contributed by atoms with E-state index < -0.39 is 0 Å². The molecule has 36 heavy (non-hydrogen) atoms. The number of hydrogen-bond acceptors (Lipinski definition) is 5. The highest BCUT2D eigenvalue weighted by atomic mass is 19.1. The maximum atomic E-state index is 13.4. The molecular formula is C29H33FN6. The molecule has 2 aromatic carbocycles. The predicted molar refractivity (Wildman–Crippen MR) is 141 cm³/mol. The van der Waals surface area contributed by atoms with Gasteiger partial charge in [-0.05, 0) is 42.7 Å². The SMILES string of the molecule is CCc1nn(Cc2ccccc2)c(CC)c1CN1CCN(c2nccnc2-c2ccc(F)cc2)CC1. The summed E-state index contributed by atoms with van der Waals surface area (Å²) in [6.07, 6.45) is 5.33. The molecule has 0 spiro atoms. The second-order valence-electron chi connectivity index (χ2n) is 9.22. The first kappa shape index (κ1) is 24.1. The Morgan fingerprint density at radius 2 is 1.53 bits per heavy atom. The van der Waals surface area contributed by atoms with E-state index in [0.29, 0.717) is 0 Å². The van der Waals surface area contributed by atoms with Gasteiger partial charge in [-0.2, -0.15) is 5.10 Å². The van der Waals surface area contributed by atoms with E-state index in [-0.39, 0.29) is 5.82 Å². The summed E-state index contributed by atoms with van der Waals surface area (Å²) in [5.74, 6) is 0.616. The summed E-state index contributed by atoms with van der Waals surface area (Å²) in [5, 5.41) is 5.01. The third kappa shape index (κ3) is 5.16. The minimum atomic E-state index is -0.247. The monoisotopic (exact) mass is 484 g/mol. The van der Waals surface area contributed by atoms with Crippen molar-refractivity contribution < 1.29 is 4.39 Å². The molecule has 186 valence electrons.